The lowest BCUT2D eigenvalue weighted by Crippen LogP contribution is -2.53. The van der Waals surface area contributed by atoms with Crippen LogP contribution >= 0.6 is 11.3 Å². The molecular weight excluding hydrogens is 419 g/mol. The van der Waals surface area contributed by atoms with Gasteiger partial charge >= 0.3 is 6.36 Å². The van der Waals surface area contributed by atoms with Crippen LogP contribution in [-0.2, 0) is 11.3 Å². The number of nitrogens with zero attached hydrogens (tertiary/aromatic N) is 2. The lowest BCUT2D eigenvalue weighted by molar-refractivity contribution is -0.274. The number of amides is 1. The minimum Gasteiger partial charge on any atom is -0.497 e. The molecule has 0 radical (unpaired) electrons. The fourth-order valence-corrected chi connectivity index (χ4v) is 4.11. The number of benzene rings is 2. The van der Waals surface area contributed by atoms with Crippen molar-refractivity contribution in [3.8, 4) is 11.5 Å². The first-order valence-electron chi connectivity index (χ1n) is 9.12. The Morgan fingerprint density at radius 3 is 2.57 bits per heavy atom. The van der Waals surface area contributed by atoms with Crippen LogP contribution in [-0.4, -0.2) is 37.5 Å². The molecule has 1 N–H and O–H groups in total. The number of ether oxygens (including phenoxy) is 2. The second kappa shape index (κ2) is 8.02. The van der Waals surface area contributed by atoms with Crippen LogP contribution in [0, 0.1) is 5.92 Å². The Morgan fingerprint density at radius 2 is 1.90 bits per heavy atom. The number of alkyl halides is 3. The van der Waals surface area contributed by atoms with Crippen molar-refractivity contribution in [2.24, 2.45) is 5.92 Å². The number of hydrogen-bond acceptors (Lipinski definition) is 6. The fraction of sp³-hybridized carbons (Fsp3) is 0.300. The van der Waals surface area contributed by atoms with E-state index in [1.165, 1.54) is 24.3 Å². The Labute approximate surface area is 174 Å². The van der Waals surface area contributed by atoms with Crippen LogP contribution in [0.3, 0.4) is 0 Å². The minimum absolute atomic E-state index is 0.0929. The zero-order valence-corrected chi connectivity index (χ0v) is 16.7. The summed E-state index contributed by atoms with van der Waals surface area (Å²) in [7, 11) is 1.62. The van der Waals surface area contributed by atoms with Gasteiger partial charge in [-0.1, -0.05) is 23.5 Å². The van der Waals surface area contributed by atoms with Gasteiger partial charge in [0, 0.05) is 19.6 Å². The molecule has 0 bridgehead atoms. The van der Waals surface area contributed by atoms with Crippen LogP contribution in [0.4, 0.5) is 18.3 Å². The zero-order valence-electron chi connectivity index (χ0n) is 15.9. The maximum Gasteiger partial charge on any atom is 0.573 e. The SMILES string of the molecule is COc1ccc2nc(N3CC(C(=O)NCc4ccc(OC(F)(F)F)cc4)C3)sc2c1. The number of anilines is 1. The molecule has 3 aromatic rings. The molecule has 1 fully saturated rings. The lowest BCUT2D eigenvalue weighted by Gasteiger charge is -2.37. The molecule has 2 aromatic carbocycles. The fourth-order valence-electron chi connectivity index (χ4n) is 3.10. The third-order valence-electron chi connectivity index (χ3n) is 4.73. The number of aromatic nitrogens is 1. The van der Waals surface area contributed by atoms with Gasteiger partial charge in [0.25, 0.3) is 0 Å². The molecule has 0 aliphatic carbocycles. The average molecular weight is 437 g/mol. The van der Waals surface area contributed by atoms with Crippen molar-refractivity contribution in [2.45, 2.75) is 12.9 Å². The van der Waals surface area contributed by atoms with Gasteiger partial charge in [-0.15, -0.1) is 13.2 Å². The van der Waals surface area contributed by atoms with E-state index in [0.29, 0.717) is 18.7 Å². The highest BCUT2D eigenvalue weighted by Gasteiger charge is 2.34. The molecule has 1 aliphatic heterocycles. The van der Waals surface area contributed by atoms with Crippen LogP contribution < -0.4 is 19.7 Å². The van der Waals surface area contributed by atoms with Crippen LogP contribution in [0.1, 0.15) is 5.56 Å². The second-order valence-corrected chi connectivity index (χ2v) is 7.85. The molecule has 1 aromatic heterocycles. The van der Waals surface area contributed by atoms with Crippen molar-refractivity contribution >= 4 is 32.6 Å². The molecule has 0 atom stereocenters. The molecule has 158 valence electrons. The van der Waals surface area contributed by atoms with Crippen molar-refractivity contribution in [1.82, 2.24) is 10.3 Å². The monoisotopic (exact) mass is 437 g/mol. The van der Waals surface area contributed by atoms with Crippen LogP contribution in [0.15, 0.2) is 42.5 Å². The molecule has 0 unspecified atom stereocenters. The van der Waals surface area contributed by atoms with Gasteiger partial charge in [0.2, 0.25) is 5.91 Å². The Kier molecular flexibility index (Phi) is 5.42. The van der Waals surface area contributed by atoms with E-state index in [9.17, 15) is 18.0 Å². The number of carbonyl (C=O) groups excluding carboxylic acids is 1. The van der Waals surface area contributed by atoms with Crippen molar-refractivity contribution in [2.75, 3.05) is 25.1 Å². The highest BCUT2D eigenvalue weighted by atomic mass is 32.1. The van der Waals surface area contributed by atoms with Crippen molar-refractivity contribution in [3.63, 3.8) is 0 Å². The first-order chi connectivity index (χ1) is 14.3. The molecule has 4 rings (SSSR count). The van der Waals surface area contributed by atoms with Gasteiger partial charge in [0.1, 0.15) is 11.5 Å². The molecule has 0 spiro atoms. The smallest absolute Gasteiger partial charge is 0.497 e. The number of carbonyl (C=O) groups is 1. The highest BCUT2D eigenvalue weighted by molar-refractivity contribution is 7.22. The highest BCUT2D eigenvalue weighted by Crippen LogP contribution is 2.34. The van der Waals surface area contributed by atoms with E-state index in [-0.39, 0.29) is 24.1 Å². The van der Waals surface area contributed by atoms with Crippen LogP contribution in [0.25, 0.3) is 10.2 Å². The van der Waals surface area contributed by atoms with Gasteiger partial charge in [-0.3, -0.25) is 4.79 Å². The topological polar surface area (TPSA) is 63.7 Å². The van der Waals surface area contributed by atoms with Gasteiger partial charge in [0.15, 0.2) is 5.13 Å². The van der Waals surface area contributed by atoms with Crippen LogP contribution in [0.2, 0.25) is 0 Å². The number of nitrogens with one attached hydrogen (secondary N) is 1. The van der Waals surface area contributed by atoms with Gasteiger partial charge in [-0.25, -0.2) is 4.98 Å². The van der Waals surface area contributed by atoms with E-state index in [1.807, 2.05) is 23.1 Å². The molecule has 0 saturated carbocycles. The second-order valence-electron chi connectivity index (χ2n) is 6.84. The number of hydrogen-bond donors (Lipinski definition) is 1. The van der Waals surface area contributed by atoms with E-state index in [0.717, 1.165) is 21.1 Å². The summed E-state index contributed by atoms with van der Waals surface area (Å²) >= 11 is 1.55. The Bertz CT molecular complexity index is 1050. The van der Waals surface area contributed by atoms with Crippen molar-refractivity contribution in [3.05, 3.63) is 48.0 Å². The standard InChI is InChI=1S/C20H18F3N3O3S/c1-28-15-6-7-16-17(8-15)30-19(25-16)26-10-13(11-26)18(27)24-9-12-2-4-14(5-3-12)29-20(21,22)23/h2-8,13H,9-11H2,1H3,(H,24,27). The van der Waals surface area contributed by atoms with Gasteiger partial charge in [-0.05, 0) is 35.9 Å². The Morgan fingerprint density at radius 1 is 1.20 bits per heavy atom. The lowest BCUT2D eigenvalue weighted by atomic mass is 10.00. The molecule has 1 amide bonds. The van der Waals surface area contributed by atoms with E-state index >= 15 is 0 Å². The van der Waals surface area contributed by atoms with Gasteiger partial charge in [-0.2, -0.15) is 0 Å². The van der Waals surface area contributed by atoms with E-state index < -0.39 is 6.36 Å². The quantitative estimate of drug-likeness (QED) is 0.633. The Hall–Kier alpha value is -3.01. The Balaban J connectivity index is 1.27. The van der Waals surface area contributed by atoms with Gasteiger partial charge < -0.3 is 19.7 Å². The summed E-state index contributed by atoms with van der Waals surface area (Å²) in [5.74, 6) is 0.237. The normalized spacial score (nSPS) is 14.5. The van der Waals surface area contributed by atoms with Gasteiger partial charge in [0.05, 0.1) is 23.2 Å². The first-order valence-corrected chi connectivity index (χ1v) is 9.94. The van der Waals surface area contributed by atoms with E-state index in [2.05, 4.69) is 15.0 Å². The molecule has 2 heterocycles. The molecular formula is C20H18F3N3O3S. The zero-order chi connectivity index (χ0) is 21.3. The molecule has 30 heavy (non-hydrogen) atoms. The van der Waals surface area contributed by atoms with Crippen molar-refractivity contribution in [1.29, 1.82) is 0 Å². The predicted octanol–water partition coefficient (Wildman–Crippen LogP) is 3.96. The average Bonchev–Trinajstić information content (AvgIpc) is 3.07. The molecule has 10 heteroatoms. The number of thiazole rings is 1. The third-order valence-corrected chi connectivity index (χ3v) is 5.81. The van der Waals surface area contributed by atoms with E-state index in [1.54, 1.807) is 18.4 Å². The van der Waals surface area contributed by atoms with Crippen LogP contribution in [0.5, 0.6) is 11.5 Å². The molecule has 1 saturated heterocycles. The summed E-state index contributed by atoms with van der Waals surface area (Å²) < 4.78 is 46.6. The predicted molar refractivity (Wildman–Crippen MR) is 107 cm³/mol. The number of fused-ring (bicyclic) bond motifs is 1. The maximum atomic E-state index is 12.3. The summed E-state index contributed by atoms with van der Waals surface area (Å²) in [6.45, 7) is 1.38. The number of methoxy groups -OCH3 is 1. The third kappa shape index (κ3) is 4.59. The summed E-state index contributed by atoms with van der Waals surface area (Å²) in [5, 5.41) is 3.68. The number of halogens is 3. The first kappa shape index (κ1) is 20.3. The van der Waals surface area contributed by atoms with Crippen molar-refractivity contribution < 1.29 is 27.4 Å². The van der Waals surface area contributed by atoms with E-state index in [4.69, 9.17) is 4.74 Å². The molecule has 1 aliphatic rings. The maximum absolute atomic E-state index is 12.3. The summed E-state index contributed by atoms with van der Waals surface area (Å²) in [4.78, 5) is 19.0. The minimum atomic E-state index is -4.72. The largest absolute Gasteiger partial charge is 0.573 e. The summed E-state index contributed by atoms with van der Waals surface area (Å²) in [6, 6.07) is 11.1. The summed E-state index contributed by atoms with van der Waals surface area (Å²) in [5.41, 5.74) is 1.58. The number of rotatable bonds is 6. The molecule has 6 nitrogen and oxygen atoms in total. The summed E-state index contributed by atoms with van der Waals surface area (Å²) in [6.07, 6.45) is -4.72.